The molecule has 1 fully saturated rings. The minimum absolute atomic E-state index is 0. The molecule has 5 heteroatoms. The van der Waals surface area contributed by atoms with Crippen molar-refractivity contribution in [3.8, 4) is 0 Å². The Kier molecular flexibility index (Phi) is 6.41. The number of nitrogens with zero attached hydrogens (tertiary/aromatic N) is 2. The molecule has 1 saturated heterocycles. The predicted molar refractivity (Wildman–Crippen MR) is 111 cm³/mol. The van der Waals surface area contributed by atoms with Crippen LogP contribution in [0.15, 0.2) is 42.5 Å². The molecular weight excluding hydrogens is 346 g/mol. The predicted octanol–water partition coefficient (Wildman–Crippen LogP) is 3.55. The fourth-order valence-corrected chi connectivity index (χ4v) is 3.94. The molecule has 140 valence electrons. The first-order chi connectivity index (χ1) is 12.3. The maximum atomic E-state index is 5.50. The van der Waals surface area contributed by atoms with Crippen LogP contribution in [0.5, 0.6) is 0 Å². The van der Waals surface area contributed by atoms with Gasteiger partial charge in [-0.3, -0.25) is 4.90 Å². The number of benzene rings is 2. The molecule has 0 unspecified atom stereocenters. The van der Waals surface area contributed by atoms with Gasteiger partial charge >= 0.3 is 0 Å². The van der Waals surface area contributed by atoms with Gasteiger partial charge < -0.3 is 15.0 Å². The van der Waals surface area contributed by atoms with Crippen LogP contribution in [-0.2, 0) is 24.2 Å². The van der Waals surface area contributed by atoms with Crippen LogP contribution in [0.25, 0.3) is 0 Å². The third kappa shape index (κ3) is 4.14. The molecule has 0 radical (unpaired) electrons. The summed E-state index contributed by atoms with van der Waals surface area (Å²) in [6.45, 7) is 6.60. The number of fused-ring (bicyclic) bond motifs is 1. The number of anilines is 2. The van der Waals surface area contributed by atoms with Gasteiger partial charge in [0.1, 0.15) is 0 Å². The smallest absolute Gasteiger partial charge is 0.0642 e. The van der Waals surface area contributed by atoms with Gasteiger partial charge in [0, 0.05) is 44.1 Å². The van der Waals surface area contributed by atoms with E-state index in [4.69, 9.17) is 4.74 Å². The maximum absolute atomic E-state index is 5.50. The number of morpholine rings is 1. The molecule has 1 N–H and O–H groups in total. The van der Waals surface area contributed by atoms with Gasteiger partial charge in [-0.15, -0.1) is 12.4 Å². The van der Waals surface area contributed by atoms with Crippen LogP contribution in [0.3, 0.4) is 0 Å². The molecule has 0 spiro atoms. The Morgan fingerprint density at radius 1 is 1.00 bits per heavy atom. The SMILES string of the molecule is CN(Cc1ccccc1N1CCOCC1)Cc1cccc2c1NCC2.Cl. The van der Waals surface area contributed by atoms with Gasteiger partial charge in [-0.05, 0) is 36.2 Å². The van der Waals surface area contributed by atoms with Crippen LogP contribution >= 0.6 is 12.4 Å². The van der Waals surface area contributed by atoms with Crippen molar-refractivity contribution in [2.24, 2.45) is 0 Å². The van der Waals surface area contributed by atoms with Crippen LogP contribution in [0, 0.1) is 0 Å². The molecule has 2 aromatic carbocycles. The molecule has 0 aromatic heterocycles. The first-order valence-electron chi connectivity index (χ1n) is 9.25. The number of nitrogens with one attached hydrogen (secondary N) is 1. The number of halogens is 1. The molecule has 0 amide bonds. The zero-order valence-electron chi connectivity index (χ0n) is 15.4. The number of hydrogen-bond acceptors (Lipinski definition) is 4. The van der Waals surface area contributed by atoms with Crippen molar-refractivity contribution < 1.29 is 4.74 Å². The Labute approximate surface area is 162 Å². The zero-order chi connectivity index (χ0) is 17.1. The van der Waals surface area contributed by atoms with Crippen molar-refractivity contribution in [1.82, 2.24) is 4.90 Å². The molecule has 2 aliphatic heterocycles. The standard InChI is InChI=1S/C21H27N3O.ClH/c1-23(16-19-7-4-6-17-9-10-22-21(17)19)15-18-5-2-3-8-20(18)24-11-13-25-14-12-24;/h2-8,22H,9-16H2,1H3;1H. The van der Waals surface area contributed by atoms with Crippen molar-refractivity contribution in [1.29, 1.82) is 0 Å². The molecule has 2 aliphatic rings. The molecule has 0 bridgehead atoms. The van der Waals surface area contributed by atoms with Crippen LogP contribution in [0.2, 0.25) is 0 Å². The van der Waals surface area contributed by atoms with Crippen LogP contribution in [-0.4, -0.2) is 44.8 Å². The molecular formula is C21H28ClN3O. The van der Waals surface area contributed by atoms with Gasteiger partial charge in [-0.1, -0.05) is 36.4 Å². The highest BCUT2D eigenvalue weighted by Crippen LogP contribution is 2.28. The molecule has 2 heterocycles. The van der Waals surface area contributed by atoms with Crippen LogP contribution < -0.4 is 10.2 Å². The van der Waals surface area contributed by atoms with Gasteiger partial charge in [-0.25, -0.2) is 0 Å². The van der Waals surface area contributed by atoms with Gasteiger partial charge in [0.05, 0.1) is 13.2 Å². The molecule has 0 aliphatic carbocycles. The average Bonchev–Trinajstić information content (AvgIpc) is 3.13. The number of hydrogen-bond donors (Lipinski definition) is 1. The Morgan fingerprint density at radius 3 is 2.58 bits per heavy atom. The molecule has 0 saturated carbocycles. The van der Waals surface area contributed by atoms with Crippen molar-refractivity contribution >= 4 is 23.8 Å². The van der Waals surface area contributed by atoms with E-state index < -0.39 is 0 Å². The first kappa shape index (κ1) is 19.0. The summed E-state index contributed by atoms with van der Waals surface area (Å²) in [6.07, 6.45) is 1.15. The normalized spacial score (nSPS) is 16.2. The van der Waals surface area contributed by atoms with Crippen molar-refractivity contribution in [2.75, 3.05) is 50.1 Å². The fraction of sp³-hybridized carbons (Fsp3) is 0.429. The van der Waals surface area contributed by atoms with E-state index in [1.54, 1.807) is 0 Å². The van der Waals surface area contributed by atoms with E-state index in [0.717, 1.165) is 52.4 Å². The van der Waals surface area contributed by atoms with E-state index >= 15 is 0 Å². The van der Waals surface area contributed by atoms with E-state index in [1.807, 2.05) is 0 Å². The number of para-hydroxylation sites is 2. The van der Waals surface area contributed by atoms with Gasteiger partial charge in [0.2, 0.25) is 0 Å². The quantitative estimate of drug-likeness (QED) is 0.867. The topological polar surface area (TPSA) is 27.7 Å². The highest BCUT2D eigenvalue weighted by atomic mass is 35.5. The monoisotopic (exact) mass is 373 g/mol. The first-order valence-corrected chi connectivity index (χ1v) is 9.25. The zero-order valence-corrected chi connectivity index (χ0v) is 16.2. The lowest BCUT2D eigenvalue weighted by atomic mass is 10.1. The summed E-state index contributed by atoms with van der Waals surface area (Å²) in [5.74, 6) is 0. The second-order valence-electron chi connectivity index (χ2n) is 7.03. The number of rotatable bonds is 5. The molecule has 4 nitrogen and oxygen atoms in total. The van der Waals surface area contributed by atoms with E-state index in [9.17, 15) is 0 Å². The number of ether oxygens (including phenoxy) is 1. The summed E-state index contributed by atoms with van der Waals surface area (Å²) in [6, 6.07) is 15.5. The summed E-state index contributed by atoms with van der Waals surface area (Å²) in [5.41, 5.74) is 6.97. The van der Waals surface area contributed by atoms with E-state index in [2.05, 4.69) is 64.6 Å². The third-order valence-corrected chi connectivity index (χ3v) is 5.16. The lowest BCUT2D eigenvalue weighted by Crippen LogP contribution is -2.37. The molecule has 0 atom stereocenters. The summed E-state index contributed by atoms with van der Waals surface area (Å²) < 4.78 is 5.50. The summed E-state index contributed by atoms with van der Waals surface area (Å²) in [7, 11) is 2.21. The Morgan fingerprint density at radius 2 is 1.73 bits per heavy atom. The summed E-state index contributed by atoms with van der Waals surface area (Å²) in [5, 5.41) is 3.55. The second kappa shape index (κ2) is 8.76. The maximum Gasteiger partial charge on any atom is 0.0642 e. The largest absolute Gasteiger partial charge is 0.384 e. The third-order valence-electron chi connectivity index (χ3n) is 5.16. The van der Waals surface area contributed by atoms with E-state index in [-0.39, 0.29) is 12.4 Å². The molecule has 2 aromatic rings. The lowest BCUT2D eigenvalue weighted by Gasteiger charge is -2.31. The van der Waals surface area contributed by atoms with Crippen LogP contribution in [0.1, 0.15) is 16.7 Å². The van der Waals surface area contributed by atoms with E-state index in [0.29, 0.717) is 0 Å². The van der Waals surface area contributed by atoms with Gasteiger partial charge in [0.15, 0.2) is 0 Å². The summed E-state index contributed by atoms with van der Waals surface area (Å²) >= 11 is 0. The van der Waals surface area contributed by atoms with Crippen molar-refractivity contribution in [2.45, 2.75) is 19.5 Å². The lowest BCUT2D eigenvalue weighted by molar-refractivity contribution is 0.122. The minimum atomic E-state index is 0. The highest BCUT2D eigenvalue weighted by molar-refractivity contribution is 5.85. The van der Waals surface area contributed by atoms with Crippen molar-refractivity contribution in [3.05, 3.63) is 59.2 Å². The van der Waals surface area contributed by atoms with Gasteiger partial charge in [0.25, 0.3) is 0 Å². The molecule has 26 heavy (non-hydrogen) atoms. The Balaban J connectivity index is 0.00000196. The Hall–Kier alpha value is -1.75. The second-order valence-corrected chi connectivity index (χ2v) is 7.03. The fourth-order valence-electron chi connectivity index (χ4n) is 3.94. The van der Waals surface area contributed by atoms with Crippen molar-refractivity contribution in [3.63, 3.8) is 0 Å². The van der Waals surface area contributed by atoms with Crippen LogP contribution in [0.4, 0.5) is 11.4 Å². The highest BCUT2D eigenvalue weighted by Gasteiger charge is 2.17. The van der Waals surface area contributed by atoms with E-state index in [1.165, 1.54) is 28.1 Å². The average molecular weight is 374 g/mol. The molecule has 4 rings (SSSR count). The minimum Gasteiger partial charge on any atom is -0.384 e. The van der Waals surface area contributed by atoms with Gasteiger partial charge in [-0.2, -0.15) is 0 Å². The Bertz CT molecular complexity index is 731. The summed E-state index contributed by atoms with van der Waals surface area (Å²) in [4.78, 5) is 4.86.